The van der Waals surface area contributed by atoms with Crippen LogP contribution in [0.4, 0.5) is 4.39 Å². The molecule has 0 saturated heterocycles. The van der Waals surface area contributed by atoms with Crippen molar-refractivity contribution in [3.05, 3.63) is 28.5 Å². The zero-order chi connectivity index (χ0) is 10.1. The van der Waals surface area contributed by atoms with E-state index in [2.05, 4.69) is 0 Å². The largest absolute Gasteiger partial charge is 0.491 e. The molecule has 1 heterocycles. The zero-order valence-electron chi connectivity index (χ0n) is 7.35. The van der Waals surface area contributed by atoms with E-state index >= 15 is 0 Å². The number of carbonyl (C=O) groups excluding carboxylic acids is 1. The van der Waals surface area contributed by atoms with Gasteiger partial charge in [0.25, 0.3) is 0 Å². The topological polar surface area (TPSA) is 26.3 Å². The Bertz CT molecular complexity index is 390. The molecule has 0 spiro atoms. The molecule has 0 bridgehead atoms. The van der Waals surface area contributed by atoms with Crippen LogP contribution in [-0.4, -0.2) is 12.4 Å². The number of ketones is 1. The van der Waals surface area contributed by atoms with E-state index < -0.39 is 5.82 Å². The summed E-state index contributed by atoms with van der Waals surface area (Å²) in [5.41, 5.74) is 0.257. The Morgan fingerprint density at radius 1 is 1.43 bits per heavy atom. The molecule has 1 aliphatic heterocycles. The number of ether oxygens (including phenoxy) is 1. The molecule has 0 N–H and O–H groups in total. The van der Waals surface area contributed by atoms with E-state index in [9.17, 15) is 9.18 Å². The fourth-order valence-electron chi connectivity index (χ4n) is 1.46. The summed E-state index contributed by atoms with van der Waals surface area (Å²) in [6, 6.07) is 2.33. The molecule has 1 aromatic carbocycles. The van der Waals surface area contributed by atoms with Gasteiger partial charge >= 0.3 is 0 Å². The lowest BCUT2D eigenvalue weighted by Gasteiger charge is -2.07. The summed E-state index contributed by atoms with van der Waals surface area (Å²) >= 11 is 5.77. The van der Waals surface area contributed by atoms with E-state index in [-0.39, 0.29) is 16.4 Å². The molecule has 0 fully saturated rings. The Morgan fingerprint density at radius 2 is 2.21 bits per heavy atom. The fraction of sp³-hybridized carbons (Fsp3) is 0.300. The van der Waals surface area contributed by atoms with Crippen molar-refractivity contribution in [2.45, 2.75) is 12.8 Å². The molecule has 0 saturated carbocycles. The highest BCUT2D eigenvalue weighted by Gasteiger charge is 2.20. The van der Waals surface area contributed by atoms with Gasteiger partial charge < -0.3 is 4.74 Å². The Hall–Kier alpha value is -1.09. The van der Waals surface area contributed by atoms with Crippen molar-refractivity contribution in [1.82, 2.24) is 0 Å². The van der Waals surface area contributed by atoms with Crippen molar-refractivity contribution in [3.63, 3.8) is 0 Å². The van der Waals surface area contributed by atoms with E-state index in [1.165, 1.54) is 6.07 Å². The normalized spacial score (nSPS) is 15.7. The summed E-state index contributed by atoms with van der Waals surface area (Å²) in [6.45, 7) is 0.449. The SMILES string of the molecule is O=C1CCCOc2c(Cl)cc(F)cc21. The van der Waals surface area contributed by atoms with Crippen molar-refractivity contribution < 1.29 is 13.9 Å². The molecule has 0 radical (unpaired) electrons. The van der Waals surface area contributed by atoms with Crippen molar-refractivity contribution in [3.8, 4) is 5.75 Å². The number of Topliss-reactive ketones (excluding diaryl/α,β-unsaturated/α-hetero) is 1. The van der Waals surface area contributed by atoms with Crippen LogP contribution in [0.3, 0.4) is 0 Å². The lowest BCUT2D eigenvalue weighted by Crippen LogP contribution is -1.99. The van der Waals surface area contributed by atoms with Crippen LogP contribution in [0.5, 0.6) is 5.75 Å². The molecular formula is C10H8ClFO2. The van der Waals surface area contributed by atoms with Crippen LogP contribution < -0.4 is 4.74 Å². The molecule has 4 heteroatoms. The lowest BCUT2D eigenvalue weighted by molar-refractivity contribution is 0.0982. The highest BCUT2D eigenvalue weighted by atomic mass is 35.5. The van der Waals surface area contributed by atoms with Gasteiger partial charge in [-0.05, 0) is 18.6 Å². The predicted octanol–water partition coefficient (Wildman–Crippen LogP) is 2.83. The van der Waals surface area contributed by atoms with Gasteiger partial charge in [0.15, 0.2) is 5.78 Å². The molecule has 0 aromatic heterocycles. The van der Waals surface area contributed by atoms with Crippen LogP contribution in [0.25, 0.3) is 0 Å². The minimum Gasteiger partial charge on any atom is -0.491 e. The number of rotatable bonds is 0. The predicted molar refractivity (Wildman–Crippen MR) is 50.5 cm³/mol. The maximum absolute atomic E-state index is 13.0. The number of benzene rings is 1. The van der Waals surface area contributed by atoms with Crippen LogP contribution in [0.15, 0.2) is 12.1 Å². The Morgan fingerprint density at radius 3 is 3.00 bits per heavy atom. The lowest BCUT2D eigenvalue weighted by atomic mass is 10.1. The maximum atomic E-state index is 13.0. The maximum Gasteiger partial charge on any atom is 0.166 e. The van der Waals surface area contributed by atoms with Crippen LogP contribution in [0.1, 0.15) is 23.2 Å². The standard InChI is InChI=1S/C10H8ClFO2/c11-8-5-6(12)4-7-9(13)2-1-3-14-10(7)8/h4-5H,1-3H2. The average Bonchev–Trinajstić information content (AvgIpc) is 2.29. The number of halogens is 2. The molecule has 1 aliphatic rings. The second kappa shape index (κ2) is 3.58. The quantitative estimate of drug-likeness (QED) is 0.664. The van der Waals surface area contributed by atoms with Crippen molar-refractivity contribution in [1.29, 1.82) is 0 Å². The third-order valence-corrected chi connectivity index (χ3v) is 2.38. The van der Waals surface area contributed by atoms with Gasteiger partial charge in [-0.1, -0.05) is 11.6 Å². The summed E-state index contributed by atoms with van der Waals surface area (Å²) in [5.74, 6) is -0.304. The van der Waals surface area contributed by atoms with Crippen LogP contribution in [0, 0.1) is 5.82 Å². The monoisotopic (exact) mass is 214 g/mol. The molecule has 0 amide bonds. The number of hydrogen-bond acceptors (Lipinski definition) is 2. The highest BCUT2D eigenvalue weighted by Crippen LogP contribution is 2.32. The Kier molecular flexibility index (Phi) is 2.42. The molecule has 0 unspecified atom stereocenters. The molecule has 2 nitrogen and oxygen atoms in total. The fourth-order valence-corrected chi connectivity index (χ4v) is 1.72. The van der Waals surface area contributed by atoms with E-state index in [4.69, 9.17) is 16.3 Å². The van der Waals surface area contributed by atoms with Crippen LogP contribution in [-0.2, 0) is 0 Å². The Balaban J connectivity index is 2.58. The number of hydrogen-bond donors (Lipinski definition) is 0. The van der Waals surface area contributed by atoms with Gasteiger partial charge in [0, 0.05) is 6.42 Å². The van der Waals surface area contributed by atoms with Gasteiger partial charge in [-0.2, -0.15) is 0 Å². The van der Waals surface area contributed by atoms with Crippen LogP contribution in [0.2, 0.25) is 5.02 Å². The van der Waals surface area contributed by atoms with Gasteiger partial charge in [0.05, 0.1) is 17.2 Å². The first-order chi connectivity index (χ1) is 6.68. The molecule has 14 heavy (non-hydrogen) atoms. The summed E-state index contributed by atoms with van der Waals surface area (Å²) in [5, 5.41) is 0.162. The molecule has 1 aromatic rings. The molecule has 74 valence electrons. The van der Waals surface area contributed by atoms with E-state index in [0.29, 0.717) is 25.2 Å². The van der Waals surface area contributed by atoms with Gasteiger partial charge in [0.2, 0.25) is 0 Å². The first kappa shape index (κ1) is 9.46. The number of fused-ring (bicyclic) bond motifs is 1. The van der Waals surface area contributed by atoms with Gasteiger partial charge in [0.1, 0.15) is 11.6 Å². The first-order valence-electron chi connectivity index (χ1n) is 4.33. The van der Waals surface area contributed by atoms with Crippen molar-refractivity contribution in [2.75, 3.05) is 6.61 Å². The minimum atomic E-state index is -0.507. The second-order valence-corrected chi connectivity index (χ2v) is 3.55. The van der Waals surface area contributed by atoms with Gasteiger partial charge in [-0.25, -0.2) is 4.39 Å². The number of carbonyl (C=O) groups is 1. The van der Waals surface area contributed by atoms with Gasteiger partial charge in [-0.15, -0.1) is 0 Å². The zero-order valence-corrected chi connectivity index (χ0v) is 8.10. The third-order valence-electron chi connectivity index (χ3n) is 2.10. The van der Waals surface area contributed by atoms with E-state index in [1.54, 1.807) is 0 Å². The van der Waals surface area contributed by atoms with Crippen LogP contribution >= 0.6 is 11.6 Å². The van der Waals surface area contributed by atoms with E-state index in [0.717, 1.165) is 6.07 Å². The summed E-state index contributed by atoms with van der Waals surface area (Å²) in [7, 11) is 0. The Labute approximate surface area is 85.6 Å². The molecule has 0 aliphatic carbocycles. The third kappa shape index (κ3) is 1.60. The smallest absolute Gasteiger partial charge is 0.166 e. The molecular weight excluding hydrogens is 207 g/mol. The van der Waals surface area contributed by atoms with E-state index in [1.807, 2.05) is 0 Å². The summed E-state index contributed by atoms with van der Waals surface area (Å²) < 4.78 is 18.3. The van der Waals surface area contributed by atoms with Crippen molar-refractivity contribution in [2.24, 2.45) is 0 Å². The average molecular weight is 215 g/mol. The second-order valence-electron chi connectivity index (χ2n) is 3.14. The first-order valence-corrected chi connectivity index (χ1v) is 4.71. The molecule has 2 rings (SSSR count). The molecule has 0 atom stereocenters. The van der Waals surface area contributed by atoms with Gasteiger partial charge in [-0.3, -0.25) is 4.79 Å². The minimum absolute atomic E-state index is 0.112. The summed E-state index contributed by atoms with van der Waals surface area (Å²) in [6.07, 6.45) is 1.03. The van der Waals surface area contributed by atoms with Crippen molar-refractivity contribution >= 4 is 17.4 Å². The highest BCUT2D eigenvalue weighted by molar-refractivity contribution is 6.32. The summed E-state index contributed by atoms with van der Waals surface area (Å²) in [4.78, 5) is 11.5.